The number of hydrogen-bond donors (Lipinski definition) is 2. The van der Waals surface area contributed by atoms with Gasteiger partial charge in [-0.1, -0.05) is 12.1 Å². The van der Waals surface area contributed by atoms with E-state index < -0.39 is 6.10 Å². The van der Waals surface area contributed by atoms with Crippen LogP contribution in [0.4, 0.5) is 0 Å². The van der Waals surface area contributed by atoms with Gasteiger partial charge in [0.05, 0.1) is 10.1 Å². The number of aliphatic hydroxyl groups is 1. The van der Waals surface area contributed by atoms with Crippen LogP contribution in [0.2, 0.25) is 0 Å². The Bertz CT molecular complexity index is 444. The summed E-state index contributed by atoms with van der Waals surface area (Å²) >= 11 is 1.39. The average molecular weight is 224 g/mol. The molecule has 0 aliphatic heterocycles. The van der Waals surface area contributed by atoms with Gasteiger partial charge in [-0.2, -0.15) is 4.37 Å². The second kappa shape index (κ2) is 4.57. The number of fused-ring (bicyclic) bond motifs is 1. The van der Waals surface area contributed by atoms with Crippen molar-refractivity contribution in [2.24, 2.45) is 5.73 Å². The van der Waals surface area contributed by atoms with Crippen LogP contribution in [0, 0.1) is 0 Å². The normalized spacial score (nSPS) is 12.9. The number of aliphatic hydroxyl groups excluding tert-OH is 1. The third-order valence-electron chi connectivity index (χ3n) is 2.03. The molecule has 3 N–H and O–H groups in total. The van der Waals surface area contributed by atoms with Crippen molar-refractivity contribution < 1.29 is 9.84 Å². The molecular formula is C10H12N2O2S. The Balaban J connectivity index is 2.14. The standard InChI is InChI=1S/C10H12N2O2S/c11-5-7(13)6-14-10-8-3-1-2-4-9(8)15-12-10/h1-4,7,13H,5-6,11H2. The Kier molecular flexibility index (Phi) is 3.15. The minimum Gasteiger partial charge on any atom is -0.474 e. The maximum Gasteiger partial charge on any atom is 0.233 e. The summed E-state index contributed by atoms with van der Waals surface area (Å²) in [5.41, 5.74) is 5.28. The number of ether oxygens (including phenoxy) is 1. The maximum absolute atomic E-state index is 9.25. The molecule has 4 nitrogen and oxygen atoms in total. The summed E-state index contributed by atoms with van der Waals surface area (Å²) in [5.74, 6) is 0.572. The van der Waals surface area contributed by atoms with Gasteiger partial charge in [0.2, 0.25) is 5.88 Å². The molecule has 0 fully saturated rings. The molecule has 0 saturated heterocycles. The molecule has 0 aliphatic carbocycles. The van der Waals surface area contributed by atoms with Crippen molar-refractivity contribution in [1.29, 1.82) is 0 Å². The lowest BCUT2D eigenvalue weighted by atomic mass is 10.3. The van der Waals surface area contributed by atoms with Crippen molar-refractivity contribution in [3.63, 3.8) is 0 Å². The minimum atomic E-state index is -0.634. The molecular weight excluding hydrogens is 212 g/mol. The van der Waals surface area contributed by atoms with E-state index in [1.54, 1.807) is 0 Å². The molecule has 0 saturated carbocycles. The Morgan fingerprint density at radius 3 is 3.07 bits per heavy atom. The van der Waals surface area contributed by atoms with E-state index in [0.29, 0.717) is 5.88 Å². The predicted molar refractivity (Wildman–Crippen MR) is 60.2 cm³/mol. The van der Waals surface area contributed by atoms with Crippen LogP contribution in [0.25, 0.3) is 10.1 Å². The SMILES string of the molecule is NCC(O)COc1nsc2ccccc12. The van der Waals surface area contributed by atoms with Crippen molar-refractivity contribution in [3.05, 3.63) is 24.3 Å². The molecule has 1 aromatic heterocycles. The van der Waals surface area contributed by atoms with Crippen molar-refractivity contribution >= 4 is 21.6 Å². The first-order valence-electron chi connectivity index (χ1n) is 4.66. The molecule has 2 rings (SSSR count). The van der Waals surface area contributed by atoms with Crippen molar-refractivity contribution in [3.8, 4) is 5.88 Å². The second-order valence-corrected chi connectivity index (χ2v) is 3.99. The molecule has 1 heterocycles. The Morgan fingerprint density at radius 2 is 2.27 bits per heavy atom. The summed E-state index contributed by atoms with van der Waals surface area (Å²) < 4.78 is 10.6. The van der Waals surface area contributed by atoms with Gasteiger partial charge >= 0.3 is 0 Å². The van der Waals surface area contributed by atoms with Gasteiger partial charge in [-0.15, -0.1) is 0 Å². The van der Waals surface area contributed by atoms with Gasteiger partial charge in [-0.3, -0.25) is 0 Å². The summed E-state index contributed by atoms with van der Waals surface area (Å²) in [4.78, 5) is 0. The van der Waals surface area contributed by atoms with E-state index in [9.17, 15) is 5.11 Å². The Labute approximate surface area is 91.5 Å². The zero-order chi connectivity index (χ0) is 10.7. The summed E-state index contributed by atoms with van der Waals surface area (Å²) in [6.45, 7) is 0.381. The number of nitrogens with two attached hydrogens (primary N) is 1. The van der Waals surface area contributed by atoms with E-state index >= 15 is 0 Å². The lowest BCUT2D eigenvalue weighted by Gasteiger charge is -2.07. The highest BCUT2D eigenvalue weighted by molar-refractivity contribution is 7.13. The van der Waals surface area contributed by atoms with Gasteiger partial charge in [0.15, 0.2) is 0 Å². The number of benzene rings is 1. The quantitative estimate of drug-likeness (QED) is 0.812. The molecule has 5 heteroatoms. The number of aromatic nitrogens is 1. The van der Waals surface area contributed by atoms with E-state index in [-0.39, 0.29) is 13.2 Å². The van der Waals surface area contributed by atoms with Gasteiger partial charge in [0.1, 0.15) is 12.7 Å². The van der Waals surface area contributed by atoms with E-state index in [0.717, 1.165) is 10.1 Å². The number of hydrogen-bond acceptors (Lipinski definition) is 5. The van der Waals surface area contributed by atoms with Crippen LogP contribution in [0.3, 0.4) is 0 Å². The fraction of sp³-hybridized carbons (Fsp3) is 0.300. The van der Waals surface area contributed by atoms with E-state index in [1.807, 2.05) is 24.3 Å². The summed E-state index contributed by atoms with van der Waals surface area (Å²) in [5, 5.41) is 10.2. The van der Waals surface area contributed by atoms with Gasteiger partial charge in [0.25, 0.3) is 0 Å². The van der Waals surface area contributed by atoms with Crippen LogP contribution < -0.4 is 10.5 Å². The number of rotatable bonds is 4. The first kappa shape index (κ1) is 10.4. The molecule has 0 radical (unpaired) electrons. The molecule has 0 aliphatic rings. The van der Waals surface area contributed by atoms with Gasteiger partial charge in [-0.05, 0) is 23.7 Å². The molecule has 80 valence electrons. The lowest BCUT2D eigenvalue weighted by Crippen LogP contribution is -2.26. The third kappa shape index (κ3) is 2.26. The highest BCUT2D eigenvalue weighted by Crippen LogP contribution is 2.27. The summed E-state index contributed by atoms with van der Waals surface area (Å²) in [6, 6.07) is 7.82. The smallest absolute Gasteiger partial charge is 0.233 e. The van der Waals surface area contributed by atoms with Crippen molar-refractivity contribution in [2.45, 2.75) is 6.10 Å². The first-order valence-corrected chi connectivity index (χ1v) is 5.44. The van der Waals surface area contributed by atoms with Crippen LogP contribution in [0.1, 0.15) is 0 Å². The minimum absolute atomic E-state index is 0.185. The zero-order valence-electron chi connectivity index (χ0n) is 8.09. The molecule has 0 spiro atoms. The molecule has 1 unspecified atom stereocenters. The van der Waals surface area contributed by atoms with Crippen LogP contribution in [-0.2, 0) is 0 Å². The van der Waals surface area contributed by atoms with Gasteiger partial charge < -0.3 is 15.6 Å². The molecule has 0 amide bonds. The van der Waals surface area contributed by atoms with Crippen LogP contribution >= 0.6 is 11.5 Å². The fourth-order valence-electron chi connectivity index (χ4n) is 1.21. The van der Waals surface area contributed by atoms with Crippen LogP contribution in [-0.4, -0.2) is 28.7 Å². The van der Waals surface area contributed by atoms with Crippen LogP contribution in [0.5, 0.6) is 5.88 Å². The summed E-state index contributed by atoms with van der Waals surface area (Å²) in [6.07, 6.45) is -0.634. The molecule has 2 aromatic rings. The molecule has 0 bridgehead atoms. The van der Waals surface area contributed by atoms with Gasteiger partial charge in [-0.25, -0.2) is 0 Å². The average Bonchev–Trinajstić information content (AvgIpc) is 2.69. The topological polar surface area (TPSA) is 68.4 Å². The first-order chi connectivity index (χ1) is 7.31. The second-order valence-electron chi connectivity index (χ2n) is 3.18. The predicted octanol–water partition coefficient (Wildman–Crippen LogP) is 0.995. The molecule has 15 heavy (non-hydrogen) atoms. The Hall–Kier alpha value is -1.17. The summed E-state index contributed by atoms with van der Waals surface area (Å²) in [7, 11) is 0. The molecule has 1 atom stereocenters. The fourth-order valence-corrected chi connectivity index (χ4v) is 1.94. The highest BCUT2D eigenvalue weighted by Gasteiger charge is 2.08. The molecule has 1 aromatic carbocycles. The highest BCUT2D eigenvalue weighted by atomic mass is 32.1. The third-order valence-corrected chi connectivity index (χ3v) is 2.84. The zero-order valence-corrected chi connectivity index (χ0v) is 8.91. The monoisotopic (exact) mass is 224 g/mol. The largest absolute Gasteiger partial charge is 0.474 e. The lowest BCUT2D eigenvalue weighted by molar-refractivity contribution is 0.113. The Morgan fingerprint density at radius 1 is 1.47 bits per heavy atom. The van der Waals surface area contributed by atoms with Crippen molar-refractivity contribution in [2.75, 3.05) is 13.2 Å². The maximum atomic E-state index is 9.25. The van der Waals surface area contributed by atoms with E-state index in [4.69, 9.17) is 10.5 Å². The van der Waals surface area contributed by atoms with E-state index in [2.05, 4.69) is 4.37 Å². The van der Waals surface area contributed by atoms with E-state index in [1.165, 1.54) is 11.5 Å². The van der Waals surface area contributed by atoms with Crippen molar-refractivity contribution in [1.82, 2.24) is 4.37 Å². The van der Waals surface area contributed by atoms with Gasteiger partial charge in [0, 0.05) is 6.54 Å². The van der Waals surface area contributed by atoms with Crippen LogP contribution in [0.15, 0.2) is 24.3 Å². The number of nitrogens with zero attached hydrogens (tertiary/aromatic N) is 1.